The van der Waals surface area contributed by atoms with Crippen LogP contribution in [0.15, 0.2) is 6.07 Å². The third-order valence-corrected chi connectivity index (χ3v) is 2.81. The Hall–Kier alpha value is -0.870. The third-order valence-electron chi connectivity index (χ3n) is 1.81. The molecule has 1 aromatic heterocycles. The van der Waals surface area contributed by atoms with Gasteiger partial charge in [0.15, 0.2) is 0 Å². The van der Waals surface area contributed by atoms with Gasteiger partial charge in [0.05, 0.1) is 6.54 Å². The molecule has 3 nitrogen and oxygen atoms in total. The monoisotopic (exact) mass is 198 g/mol. The predicted octanol–water partition coefficient (Wildman–Crippen LogP) is 0.940. The summed E-state index contributed by atoms with van der Waals surface area (Å²) in [7, 11) is 0. The zero-order valence-corrected chi connectivity index (χ0v) is 8.70. The zero-order valence-electron chi connectivity index (χ0n) is 7.89. The first-order chi connectivity index (χ1) is 6.13. The predicted molar refractivity (Wildman–Crippen MR) is 54.7 cm³/mol. The Labute approximate surface area is 81.9 Å². The molecule has 1 aromatic rings. The minimum Gasteiger partial charge on any atom is -0.351 e. The molecule has 1 heterocycles. The Kier molecular flexibility index (Phi) is 3.45. The van der Waals surface area contributed by atoms with E-state index in [1.54, 1.807) is 11.3 Å². The maximum Gasteiger partial charge on any atom is 0.234 e. The normalized spacial score (nSPS) is 10.1. The van der Waals surface area contributed by atoms with Gasteiger partial charge in [0.25, 0.3) is 0 Å². The van der Waals surface area contributed by atoms with E-state index in [0.717, 1.165) is 0 Å². The van der Waals surface area contributed by atoms with Crippen LogP contribution in [0.5, 0.6) is 0 Å². The van der Waals surface area contributed by atoms with Gasteiger partial charge in [-0.1, -0.05) is 0 Å². The van der Waals surface area contributed by atoms with Gasteiger partial charge < -0.3 is 11.1 Å². The van der Waals surface area contributed by atoms with Crippen molar-refractivity contribution in [1.82, 2.24) is 5.32 Å². The third kappa shape index (κ3) is 2.82. The highest BCUT2D eigenvalue weighted by molar-refractivity contribution is 7.12. The van der Waals surface area contributed by atoms with Crippen LogP contribution in [0.2, 0.25) is 0 Å². The molecule has 4 heteroatoms. The molecule has 0 aliphatic carbocycles. The topological polar surface area (TPSA) is 55.1 Å². The van der Waals surface area contributed by atoms with E-state index in [1.807, 2.05) is 0 Å². The summed E-state index contributed by atoms with van der Waals surface area (Å²) in [6.07, 6.45) is 0. The number of rotatable bonds is 3. The van der Waals surface area contributed by atoms with Gasteiger partial charge in [-0.05, 0) is 25.5 Å². The molecule has 0 bridgehead atoms. The summed E-state index contributed by atoms with van der Waals surface area (Å²) < 4.78 is 0. The van der Waals surface area contributed by atoms with Crippen LogP contribution < -0.4 is 11.1 Å². The van der Waals surface area contributed by atoms with Gasteiger partial charge >= 0.3 is 0 Å². The molecular formula is C9H14N2OS. The first-order valence-electron chi connectivity index (χ1n) is 4.16. The van der Waals surface area contributed by atoms with Crippen molar-refractivity contribution >= 4 is 17.2 Å². The Bertz CT molecular complexity index is 307. The highest BCUT2D eigenvalue weighted by atomic mass is 32.1. The molecule has 1 amide bonds. The maximum absolute atomic E-state index is 10.9. The smallest absolute Gasteiger partial charge is 0.234 e. The van der Waals surface area contributed by atoms with Crippen LogP contribution in [0.1, 0.15) is 15.3 Å². The van der Waals surface area contributed by atoms with Crippen LogP contribution in [0.25, 0.3) is 0 Å². The SMILES string of the molecule is Cc1cc(CNC(=O)CN)c(C)s1. The molecule has 0 aliphatic heterocycles. The second-order valence-corrected chi connectivity index (χ2v) is 4.38. The zero-order chi connectivity index (χ0) is 9.84. The molecular weight excluding hydrogens is 184 g/mol. The summed E-state index contributed by atoms with van der Waals surface area (Å²) in [5.74, 6) is -0.108. The van der Waals surface area contributed by atoms with Gasteiger partial charge in [0, 0.05) is 16.3 Å². The summed E-state index contributed by atoms with van der Waals surface area (Å²) in [5.41, 5.74) is 6.35. The number of hydrogen-bond donors (Lipinski definition) is 2. The number of nitrogens with two attached hydrogens (primary N) is 1. The number of nitrogens with one attached hydrogen (secondary N) is 1. The second kappa shape index (κ2) is 4.39. The lowest BCUT2D eigenvalue weighted by molar-refractivity contribution is -0.119. The van der Waals surface area contributed by atoms with Crippen molar-refractivity contribution in [3.05, 3.63) is 21.4 Å². The molecule has 1 rings (SSSR count). The number of aryl methyl sites for hydroxylation is 2. The van der Waals surface area contributed by atoms with E-state index < -0.39 is 0 Å². The second-order valence-electron chi connectivity index (χ2n) is 2.92. The molecule has 0 saturated carbocycles. The number of thiophene rings is 1. The Morgan fingerprint density at radius 2 is 2.31 bits per heavy atom. The maximum atomic E-state index is 10.9. The van der Waals surface area contributed by atoms with Crippen LogP contribution in [-0.2, 0) is 11.3 Å². The summed E-state index contributed by atoms with van der Waals surface area (Å²) in [5, 5.41) is 2.75. The van der Waals surface area contributed by atoms with Crippen molar-refractivity contribution in [3.63, 3.8) is 0 Å². The molecule has 0 atom stereocenters. The highest BCUT2D eigenvalue weighted by Crippen LogP contribution is 2.19. The number of amides is 1. The Morgan fingerprint density at radius 1 is 1.62 bits per heavy atom. The van der Waals surface area contributed by atoms with Gasteiger partial charge in [-0.3, -0.25) is 4.79 Å². The van der Waals surface area contributed by atoms with E-state index in [9.17, 15) is 4.79 Å². The van der Waals surface area contributed by atoms with Crippen molar-refractivity contribution in [2.75, 3.05) is 6.54 Å². The molecule has 0 saturated heterocycles. The van der Waals surface area contributed by atoms with Crippen molar-refractivity contribution in [3.8, 4) is 0 Å². The van der Waals surface area contributed by atoms with Crippen LogP contribution in [-0.4, -0.2) is 12.5 Å². The van der Waals surface area contributed by atoms with Crippen LogP contribution in [0.4, 0.5) is 0 Å². The van der Waals surface area contributed by atoms with E-state index in [-0.39, 0.29) is 12.5 Å². The summed E-state index contributed by atoms with van der Waals surface area (Å²) in [6.45, 7) is 4.77. The van der Waals surface area contributed by atoms with E-state index in [0.29, 0.717) is 6.54 Å². The van der Waals surface area contributed by atoms with E-state index in [1.165, 1.54) is 15.3 Å². The first-order valence-corrected chi connectivity index (χ1v) is 4.98. The highest BCUT2D eigenvalue weighted by Gasteiger charge is 2.03. The van der Waals surface area contributed by atoms with Crippen molar-refractivity contribution in [2.45, 2.75) is 20.4 Å². The molecule has 72 valence electrons. The Morgan fingerprint density at radius 3 is 2.77 bits per heavy atom. The van der Waals surface area contributed by atoms with E-state index in [4.69, 9.17) is 5.73 Å². The summed E-state index contributed by atoms with van der Waals surface area (Å²) >= 11 is 1.75. The number of hydrogen-bond acceptors (Lipinski definition) is 3. The fourth-order valence-electron chi connectivity index (χ4n) is 1.12. The van der Waals surface area contributed by atoms with Crippen LogP contribution >= 0.6 is 11.3 Å². The first kappa shape index (κ1) is 10.2. The van der Waals surface area contributed by atoms with Gasteiger partial charge in [-0.15, -0.1) is 11.3 Å². The van der Waals surface area contributed by atoms with E-state index in [2.05, 4.69) is 25.2 Å². The lowest BCUT2D eigenvalue weighted by Crippen LogP contribution is -2.29. The van der Waals surface area contributed by atoms with Gasteiger partial charge in [0.1, 0.15) is 0 Å². The summed E-state index contributed by atoms with van der Waals surface area (Å²) in [6, 6.07) is 2.09. The number of carbonyl (C=O) groups is 1. The standard InChI is InChI=1S/C9H14N2OS/c1-6-3-8(7(2)13-6)5-11-9(12)4-10/h3H,4-5,10H2,1-2H3,(H,11,12). The quantitative estimate of drug-likeness (QED) is 0.759. The molecule has 0 aromatic carbocycles. The minimum atomic E-state index is -0.108. The van der Waals surface area contributed by atoms with Crippen molar-refractivity contribution in [2.24, 2.45) is 5.73 Å². The number of carbonyl (C=O) groups excluding carboxylic acids is 1. The molecule has 0 radical (unpaired) electrons. The van der Waals surface area contributed by atoms with Gasteiger partial charge in [0.2, 0.25) is 5.91 Å². The van der Waals surface area contributed by atoms with Gasteiger partial charge in [-0.2, -0.15) is 0 Å². The van der Waals surface area contributed by atoms with Gasteiger partial charge in [-0.25, -0.2) is 0 Å². The molecule has 3 N–H and O–H groups in total. The van der Waals surface area contributed by atoms with Crippen molar-refractivity contribution in [1.29, 1.82) is 0 Å². The fraction of sp³-hybridized carbons (Fsp3) is 0.444. The summed E-state index contributed by atoms with van der Waals surface area (Å²) in [4.78, 5) is 13.4. The molecule has 0 aliphatic rings. The van der Waals surface area contributed by atoms with Crippen LogP contribution in [0.3, 0.4) is 0 Å². The molecule has 13 heavy (non-hydrogen) atoms. The average molecular weight is 198 g/mol. The molecule has 0 spiro atoms. The minimum absolute atomic E-state index is 0.0577. The largest absolute Gasteiger partial charge is 0.351 e. The molecule has 0 fully saturated rings. The van der Waals surface area contributed by atoms with Crippen LogP contribution in [0, 0.1) is 13.8 Å². The average Bonchev–Trinajstić information content (AvgIpc) is 2.41. The van der Waals surface area contributed by atoms with Crippen molar-refractivity contribution < 1.29 is 4.79 Å². The Balaban J connectivity index is 2.54. The van der Waals surface area contributed by atoms with E-state index >= 15 is 0 Å². The fourth-order valence-corrected chi connectivity index (χ4v) is 2.07. The lowest BCUT2D eigenvalue weighted by Gasteiger charge is -2.01. The lowest BCUT2D eigenvalue weighted by atomic mass is 10.2. The molecule has 0 unspecified atom stereocenters.